The molecule has 0 saturated heterocycles. The zero-order chi connectivity index (χ0) is 11.4. The molecule has 2 rings (SSSR count). The van der Waals surface area contributed by atoms with Crippen molar-refractivity contribution in [3.05, 3.63) is 34.0 Å². The fourth-order valence-corrected chi connectivity index (χ4v) is 2.51. The van der Waals surface area contributed by atoms with Crippen molar-refractivity contribution in [1.82, 2.24) is 20.5 Å². The third-order valence-corrected chi connectivity index (χ3v) is 3.52. The van der Waals surface area contributed by atoms with E-state index in [-0.39, 0.29) is 12.4 Å². The smallest absolute Gasteiger partial charge is 0.110 e. The maximum atomic E-state index is 4.51. The van der Waals surface area contributed by atoms with Gasteiger partial charge in [0.1, 0.15) is 5.01 Å². The fraction of sp³-hybridized carbons (Fsp3) is 0.455. The molecule has 2 aromatic heterocycles. The number of rotatable bonds is 5. The lowest BCUT2D eigenvalue weighted by molar-refractivity contribution is 0.511. The normalized spacial score (nSPS) is 12.1. The minimum absolute atomic E-state index is 0. The molecule has 0 amide bonds. The van der Waals surface area contributed by atoms with Crippen LogP contribution in [0.3, 0.4) is 0 Å². The van der Waals surface area contributed by atoms with Crippen LogP contribution in [0.4, 0.5) is 0 Å². The molecular weight excluding hydrogens is 256 g/mol. The lowest BCUT2D eigenvalue weighted by Gasteiger charge is -2.13. The monoisotopic (exact) mass is 272 g/mol. The van der Waals surface area contributed by atoms with Gasteiger partial charge in [-0.2, -0.15) is 5.10 Å². The van der Waals surface area contributed by atoms with Crippen LogP contribution in [0.1, 0.15) is 35.8 Å². The molecule has 2 aromatic rings. The summed E-state index contributed by atoms with van der Waals surface area (Å²) in [7, 11) is 0. The molecule has 6 heteroatoms. The molecule has 2 heterocycles. The zero-order valence-electron chi connectivity index (χ0n) is 9.93. The molecule has 0 aliphatic rings. The van der Waals surface area contributed by atoms with Crippen molar-refractivity contribution < 1.29 is 0 Å². The van der Waals surface area contributed by atoms with E-state index >= 15 is 0 Å². The largest absolute Gasteiger partial charge is 0.302 e. The number of hydrogen-bond acceptors (Lipinski definition) is 4. The second-order valence-corrected chi connectivity index (χ2v) is 4.64. The fourth-order valence-electron chi connectivity index (χ4n) is 1.55. The van der Waals surface area contributed by atoms with E-state index in [9.17, 15) is 0 Å². The highest BCUT2D eigenvalue weighted by Gasteiger charge is 2.12. The van der Waals surface area contributed by atoms with E-state index in [4.69, 9.17) is 0 Å². The third-order valence-electron chi connectivity index (χ3n) is 2.44. The molecular formula is C11H17ClN4S. The summed E-state index contributed by atoms with van der Waals surface area (Å²) in [6, 6.07) is 2.31. The standard InChI is InChI=1S/C11H16N4S.ClH/c1-3-10(11-14-8(2)7-16-11)12-6-9-4-5-13-15-9;/h4-5,7,10,12H,3,6H2,1-2H3,(H,13,15);1H. The topological polar surface area (TPSA) is 53.6 Å². The van der Waals surface area contributed by atoms with E-state index in [0.29, 0.717) is 6.04 Å². The van der Waals surface area contributed by atoms with Crippen molar-refractivity contribution in [2.45, 2.75) is 32.9 Å². The minimum Gasteiger partial charge on any atom is -0.302 e. The molecule has 4 nitrogen and oxygen atoms in total. The predicted octanol–water partition coefficient (Wildman–Crippen LogP) is 2.84. The van der Waals surface area contributed by atoms with Crippen LogP contribution in [0.25, 0.3) is 0 Å². The Labute approximate surface area is 111 Å². The van der Waals surface area contributed by atoms with Crippen LogP contribution in [-0.2, 0) is 6.54 Å². The number of H-pyrrole nitrogens is 1. The van der Waals surface area contributed by atoms with Crippen molar-refractivity contribution in [3.63, 3.8) is 0 Å². The lowest BCUT2D eigenvalue weighted by atomic mass is 10.2. The second kappa shape index (κ2) is 6.74. The summed E-state index contributed by atoms with van der Waals surface area (Å²) in [6.45, 7) is 5.00. The third kappa shape index (κ3) is 3.80. The molecule has 1 unspecified atom stereocenters. The quantitative estimate of drug-likeness (QED) is 0.880. The molecule has 0 aliphatic heterocycles. The Morgan fingerprint density at radius 1 is 1.53 bits per heavy atom. The maximum absolute atomic E-state index is 4.51. The van der Waals surface area contributed by atoms with E-state index < -0.39 is 0 Å². The highest BCUT2D eigenvalue weighted by atomic mass is 35.5. The van der Waals surface area contributed by atoms with Gasteiger partial charge in [0.25, 0.3) is 0 Å². The van der Waals surface area contributed by atoms with Gasteiger partial charge in [-0.3, -0.25) is 5.10 Å². The molecule has 17 heavy (non-hydrogen) atoms. The molecule has 0 aromatic carbocycles. The van der Waals surface area contributed by atoms with Crippen molar-refractivity contribution >= 4 is 23.7 Å². The number of aromatic amines is 1. The highest BCUT2D eigenvalue weighted by molar-refractivity contribution is 7.09. The Hall–Kier alpha value is -0.910. The van der Waals surface area contributed by atoms with Gasteiger partial charge < -0.3 is 5.32 Å². The van der Waals surface area contributed by atoms with Crippen LogP contribution in [0.15, 0.2) is 17.6 Å². The molecule has 0 radical (unpaired) electrons. The summed E-state index contributed by atoms with van der Waals surface area (Å²) in [5.74, 6) is 0. The average Bonchev–Trinajstić information content (AvgIpc) is 2.91. The number of aryl methyl sites for hydroxylation is 1. The van der Waals surface area contributed by atoms with Gasteiger partial charge in [-0.15, -0.1) is 23.7 Å². The maximum Gasteiger partial charge on any atom is 0.110 e. The predicted molar refractivity (Wildman–Crippen MR) is 72.6 cm³/mol. The summed E-state index contributed by atoms with van der Waals surface area (Å²) in [6.07, 6.45) is 2.81. The summed E-state index contributed by atoms with van der Waals surface area (Å²) in [4.78, 5) is 4.51. The number of hydrogen-bond donors (Lipinski definition) is 2. The van der Waals surface area contributed by atoms with E-state index in [0.717, 1.165) is 24.4 Å². The van der Waals surface area contributed by atoms with Crippen LogP contribution in [0, 0.1) is 6.92 Å². The highest BCUT2D eigenvalue weighted by Crippen LogP contribution is 2.20. The molecule has 94 valence electrons. The molecule has 0 saturated carbocycles. The summed E-state index contributed by atoms with van der Waals surface area (Å²) in [5, 5.41) is 13.6. The van der Waals surface area contributed by atoms with Crippen molar-refractivity contribution in [1.29, 1.82) is 0 Å². The molecule has 0 fully saturated rings. The first kappa shape index (κ1) is 14.2. The summed E-state index contributed by atoms with van der Waals surface area (Å²) >= 11 is 1.72. The Morgan fingerprint density at radius 3 is 2.88 bits per heavy atom. The van der Waals surface area contributed by atoms with Gasteiger partial charge in [0.05, 0.1) is 6.04 Å². The first-order valence-corrected chi connectivity index (χ1v) is 6.31. The van der Waals surface area contributed by atoms with Crippen molar-refractivity contribution in [3.8, 4) is 0 Å². The van der Waals surface area contributed by atoms with Crippen LogP contribution < -0.4 is 5.32 Å². The van der Waals surface area contributed by atoms with E-state index in [1.807, 2.05) is 13.0 Å². The van der Waals surface area contributed by atoms with Crippen LogP contribution >= 0.6 is 23.7 Å². The van der Waals surface area contributed by atoms with E-state index in [1.165, 1.54) is 5.01 Å². The summed E-state index contributed by atoms with van der Waals surface area (Å²) in [5.41, 5.74) is 2.20. The number of thiazole rings is 1. The van der Waals surface area contributed by atoms with Gasteiger partial charge in [-0.25, -0.2) is 4.98 Å². The van der Waals surface area contributed by atoms with Gasteiger partial charge in [0, 0.05) is 29.5 Å². The van der Waals surface area contributed by atoms with Crippen molar-refractivity contribution in [2.75, 3.05) is 0 Å². The van der Waals surface area contributed by atoms with E-state index in [2.05, 4.69) is 32.8 Å². The van der Waals surface area contributed by atoms with Gasteiger partial charge in [-0.05, 0) is 19.4 Å². The van der Waals surface area contributed by atoms with Gasteiger partial charge >= 0.3 is 0 Å². The molecule has 1 atom stereocenters. The molecule has 0 spiro atoms. The summed E-state index contributed by atoms with van der Waals surface area (Å²) < 4.78 is 0. The van der Waals surface area contributed by atoms with E-state index in [1.54, 1.807) is 17.5 Å². The molecule has 0 aliphatic carbocycles. The first-order valence-electron chi connectivity index (χ1n) is 5.43. The Balaban J connectivity index is 0.00000144. The number of aromatic nitrogens is 3. The number of nitrogens with zero attached hydrogens (tertiary/aromatic N) is 2. The molecule has 2 N–H and O–H groups in total. The number of halogens is 1. The van der Waals surface area contributed by atoms with Gasteiger partial charge in [0.15, 0.2) is 0 Å². The SMILES string of the molecule is CCC(NCc1ccn[nH]1)c1nc(C)cs1.Cl. The van der Waals surface area contributed by atoms with Gasteiger partial charge in [-0.1, -0.05) is 6.92 Å². The van der Waals surface area contributed by atoms with Crippen LogP contribution in [0.5, 0.6) is 0 Å². The Morgan fingerprint density at radius 2 is 2.35 bits per heavy atom. The van der Waals surface area contributed by atoms with Crippen molar-refractivity contribution in [2.24, 2.45) is 0 Å². The minimum atomic E-state index is 0. The average molecular weight is 273 g/mol. The number of nitrogens with one attached hydrogen (secondary N) is 2. The Kier molecular flexibility index (Phi) is 5.61. The second-order valence-electron chi connectivity index (χ2n) is 3.75. The van der Waals surface area contributed by atoms with Crippen LogP contribution in [-0.4, -0.2) is 15.2 Å². The lowest BCUT2D eigenvalue weighted by Crippen LogP contribution is -2.20. The first-order chi connectivity index (χ1) is 7.79. The molecule has 0 bridgehead atoms. The van der Waals surface area contributed by atoms with Gasteiger partial charge in [0.2, 0.25) is 0 Å². The Bertz CT molecular complexity index is 426. The zero-order valence-corrected chi connectivity index (χ0v) is 11.6. The van der Waals surface area contributed by atoms with Crippen LogP contribution in [0.2, 0.25) is 0 Å².